The molecule has 72 valence electrons. The minimum atomic E-state index is -0.991. The van der Waals surface area contributed by atoms with E-state index >= 15 is 0 Å². The molecule has 0 aliphatic carbocycles. The minimum Gasteiger partial charge on any atom is -0.478 e. The molecule has 0 fully saturated rings. The van der Waals surface area contributed by atoms with E-state index in [1.807, 2.05) is 6.92 Å². The maximum absolute atomic E-state index is 10.8. The van der Waals surface area contributed by atoms with Gasteiger partial charge < -0.3 is 9.52 Å². The largest absolute Gasteiger partial charge is 0.478 e. The number of pyridine rings is 1. The van der Waals surface area contributed by atoms with Crippen molar-refractivity contribution in [3.63, 3.8) is 0 Å². The molecule has 2 heterocycles. The fourth-order valence-corrected chi connectivity index (χ4v) is 1.33. The molecule has 14 heavy (non-hydrogen) atoms. The van der Waals surface area contributed by atoms with E-state index in [4.69, 9.17) is 9.52 Å². The van der Waals surface area contributed by atoms with Crippen LogP contribution in [-0.4, -0.2) is 16.1 Å². The van der Waals surface area contributed by atoms with Crippen molar-refractivity contribution in [1.29, 1.82) is 0 Å². The van der Waals surface area contributed by atoms with E-state index in [2.05, 4.69) is 4.98 Å². The number of aryl methyl sites for hydroxylation is 1. The first-order chi connectivity index (χ1) is 6.72. The number of carbonyl (C=O) groups is 1. The Kier molecular flexibility index (Phi) is 1.96. The van der Waals surface area contributed by atoms with Crippen molar-refractivity contribution in [2.45, 2.75) is 13.3 Å². The number of aromatic nitrogens is 1. The van der Waals surface area contributed by atoms with Crippen molar-refractivity contribution in [2.75, 3.05) is 0 Å². The molecule has 0 aliphatic rings. The highest BCUT2D eigenvalue weighted by Gasteiger charge is 2.13. The summed E-state index contributed by atoms with van der Waals surface area (Å²) in [6, 6.07) is 3.20. The van der Waals surface area contributed by atoms with Crippen LogP contribution in [-0.2, 0) is 6.42 Å². The van der Waals surface area contributed by atoms with Gasteiger partial charge in [0, 0.05) is 18.7 Å². The van der Waals surface area contributed by atoms with E-state index in [1.54, 1.807) is 6.07 Å². The van der Waals surface area contributed by atoms with E-state index in [-0.39, 0.29) is 5.56 Å². The molecular formula is C10H9NO3. The average Bonchev–Trinajstić information content (AvgIpc) is 2.59. The Bertz CT molecular complexity index is 487. The van der Waals surface area contributed by atoms with Gasteiger partial charge in [-0.2, -0.15) is 0 Å². The van der Waals surface area contributed by atoms with Crippen molar-refractivity contribution in [1.82, 2.24) is 4.98 Å². The fraction of sp³-hybridized carbons (Fsp3) is 0.200. The second kappa shape index (κ2) is 3.14. The van der Waals surface area contributed by atoms with Crippen LogP contribution >= 0.6 is 0 Å². The molecule has 0 bridgehead atoms. The lowest BCUT2D eigenvalue weighted by atomic mass is 10.2. The van der Waals surface area contributed by atoms with Gasteiger partial charge in [0.15, 0.2) is 5.58 Å². The molecule has 0 saturated carbocycles. The Labute approximate surface area is 80.2 Å². The van der Waals surface area contributed by atoms with E-state index < -0.39 is 5.97 Å². The lowest BCUT2D eigenvalue weighted by Gasteiger charge is -1.93. The zero-order valence-corrected chi connectivity index (χ0v) is 7.65. The van der Waals surface area contributed by atoms with Crippen LogP contribution in [0.2, 0.25) is 0 Å². The number of carboxylic acid groups (broad SMARTS) is 1. The maximum atomic E-state index is 10.8. The Hall–Kier alpha value is -1.84. The van der Waals surface area contributed by atoms with Crippen LogP contribution in [0.4, 0.5) is 0 Å². The van der Waals surface area contributed by atoms with E-state index in [0.29, 0.717) is 11.1 Å². The number of fused-ring (bicyclic) bond motifs is 1. The summed E-state index contributed by atoms with van der Waals surface area (Å²) in [5.41, 5.74) is 1.12. The van der Waals surface area contributed by atoms with Crippen molar-refractivity contribution >= 4 is 17.1 Å². The van der Waals surface area contributed by atoms with Gasteiger partial charge in [0.05, 0.1) is 0 Å². The highest BCUT2D eigenvalue weighted by Crippen LogP contribution is 2.21. The van der Waals surface area contributed by atoms with Crippen molar-refractivity contribution < 1.29 is 14.3 Å². The quantitative estimate of drug-likeness (QED) is 0.789. The van der Waals surface area contributed by atoms with Gasteiger partial charge in [-0.05, 0) is 6.07 Å². The summed E-state index contributed by atoms with van der Waals surface area (Å²) in [7, 11) is 0. The molecule has 2 rings (SSSR count). The molecular weight excluding hydrogens is 182 g/mol. The topological polar surface area (TPSA) is 63.3 Å². The van der Waals surface area contributed by atoms with Gasteiger partial charge in [-0.25, -0.2) is 4.79 Å². The molecule has 0 spiro atoms. The average molecular weight is 191 g/mol. The number of aromatic carboxylic acids is 1. The van der Waals surface area contributed by atoms with Gasteiger partial charge in [-0.3, -0.25) is 4.98 Å². The molecule has 2 aromatic rings. The Morgan fingerprint density at radius 3 is 3.07 bits per heavy atom. The summed E-state index contributed by atoms with van der Waals surface area (Å²) in [4.78, 5) is 14.9. The number of hydrogen-bond donors (Lipinski definition) is 1. The predicted molar refractivity (Wildman–Crippen MR) is 50.3 cm³/mol. The van der Waals surface area contributed by atoms with Gasteiger partial charge in [0.1, 0.15) is 16.8 Å². The predicted octanol–water partition coefficient (Wildman–Crippen LogP) is 2.09. The molecule has 0 aliphatic heterocycles. The number of rotatable bonds is 2. The highest BCUT2D eigenvalue weighted by atomic mass is 16.4. The first kappa shape index (κ1) is 8.74. The van der Waals surface area contributed by atoms with Gasteiger partial charge in [0.2, 0.25) is 0 Å². The van der Waals surface area contributed by atoms with Crippen LogP contribution in [0.5, 0.6) is 0 Å². The van der Waals surface area contributed by atoms with E-state index in [1.165, 1.54) is 12.3 Å². The van der Waals surface area contributed by atoms with Crippen LogP contribution < -0.4 is 0 Å². The SMILES string of the molecule is CCc1cc2nccc(C(=O)O)c2o1. The summed E-state index contributed by atoms with van der Waals surface area (Å²) in [5, 5.41) is 8.88. The summed E-state index contributed by atoms with van der Waals surface area (Å²) in [6.07, 6.45) is 2.20. The standard InChI is InChI=1S/C10H9NO3/c1-2-6-5-8-9(14-6)7(10(12)13)3-4-11-8/h3-5H,2H2,1H3,(H,12,13). The summed E-state index contributed by atoms with van der Waals surface area (Å²) in [5.74, 6) is -0.240. The van der Waals surface area contributed by atoms with Crippen LogP contribution in [0.3, 0.4) is 0 Å². The highest BCUT2D eigenvalue weighted by molar-refractivity contribution is 5.99. The molecule has 0 saturated heterocycles. The fourth-order valence-electron chi connectivity index (χ4n) is 1.33. The number of hydrogen-bond acceptors (Lipinski definition) is 3. The third kappa shape index (κ3) is 1.25. The summed E-state index contributed by atoms with van der Waals surface area (Å²) >= 11 is 0. The summed E-state index contributed by atoms with van der Waals surface area (Å²) in [6.45, 7) is 1.94. The molecule has 4 heteroatoms. The molecule has 0 radical (unpaired) electrons. The summed E-state index contributed by atoms with van der Waals surface area (Å²) < 4.78 is 5.37. The molecule has 1 N–H and O–H groups in total. The molecule has 0 aromatic carbocycles. The number of furan rings is 1. The minimum absolute atomic E-state index is 0.162. The van der Waals surface area contributed by atoms with Crippen molar-refractivity contribution in [3.05, 3.63) is 29.7 Å². The second-order valence-electron chi connectivity index (χ2n) is 2.94. The van der Waals surface area contributed by atoms with Crippen LogP contribution in [0.1, 0.15) is 23.0 Å². The van der Waals surface area contributed by atoms with Crippen LogP contribution in [0, 0.1) is 0 Å². The first-order valence-electron chi connectivity index (χ1n) is 4.33. The number of carboxylic acids is 1. The maximum Gasteiger partial charge on any atom is 0.339 e. The zero-order valence-electron chi connectivity index (χ0n) is 7.65. The molecule has 0 atom stereocenters. The molecule has 0 unspecified atom stereocenters. The third-order valence-corrected chi connectivity index (χ3v) is 2.04. The molecule has 2 aromatic heterocycles. The van der Waals surface area contributed by atoms with Gasteiger partial charge in [0.25, 0.3) is 0 Å². The lowest BCUT2D eigenvalue weighted by Crippen LogP contribution is -1.96. The van der Waals surface area contributed by atoms with E-state index in [0.717, 1.165) is 12.2 Å². The Morgan fingerprint density at radius 2 is 2.43 bits per heavy atom. The van der Waals surface area contributed by atoms with E-state index in [9.17, 15) is 4.79 Å². The Balaban J connectivity index is 2.73. The van der Waals surface area contributed by atoms with Crippen molar-refractivity contribution in [2.24, 2.45) is 0 Å². The van der Waals surface area contributed by atoms with Crippen LogP contribution in [0.15, 0.2) is 22.7 Å². The van der Waals surface area contributed by atoms with Gasteiger partial charge >= 0.3 is 5.97 Å². The second-order valence-corrected chi connectivity index (χ2v) is 2.94. The third-order valence-electron chi connectivity index (χ3n) is 2.04. The molecule has 0 amide bonds. The smallest absolute Gasteiger partial charge is 0.339 e. The molecule has 4 nitrogen and oxygen atoms in total. The monoisotopic (exact) mass is 191 g/mol. The Morgan fingerprint density at radius 1 is 1.64 bits per heavy atom. The normalized spacial score (nSPS) is 10.6. The zero-order chi connectivity index (χ0) is 10.1. The number of nitrogens with zero attached hydrogens (tertiary/aromatic N) is 1. The van der Waals surface area contributed by atoms with Gasteiger partial charge in [-0.15, -0.1) is 0 Å². The first-order valence-corrected chi connectivity index (χ1v) is 4.33. The van der Waals surface area contributed by atoms with Crippen molar-refractivity contribution in [3.8, 4) is 0 Å². The van der Waals surface area contributed by atoms with Crippen LogP contribution in [0.25, 0.3) is 11.1 Å². The van der Waals surface area contributed by atoms with Gasteiger partial charge in [-0.1, -0.05) is 6.92 Å². The lowest BCUT2D eigenvalue weighted by molar-refractivity contribution is 0.0697.